The number of alkyl halides is 3. The lowest BCUT2D eigenvalue weighted by atomic mass is 10.1. The zero-order valence-corrected chi connectivity index (χ0v) is 16.0. The molecule has 3 aromatic rings. The van der Waals surface area contributed by atoms with Crippen LogP contribution in [0.4, 0.5) is 23.2 Å². The van der Waals surface area contributed by atoms with E-state index in [1.54, 1.807) is 19.1 Å². The fraction of sp³-hybridized carbons (Fsp3) is 0.222. The van der Waals surface area contributed by atoms with E-state index in [4.69, 9.17) is 4.52 Å². The lowest BCUT2D eigenvalue weighted by molar-refractivity contribution is -0.156. The fourth-order valence-corrected chi connectivity index (χ4v) is 4.38. The summed E-state index contributed by atoms with van der Waals surface area (Å²) in [4.78, 5) is 0. The SMILES string of the molecule is CCOP(=O)(Cc1ccc(-c2nnc(C(F)(F)F)o2)cc1)Nc1ccc(F)cc1. The first-order valence-electron chi connectivity index (χ1n) is 8.46. The molecule has 1 aromatic heterocycles. The summed E-state index contributed by atoms with van der Waals surface area (Å²) >= 11 is 0. The van der Waals surface area contributed by atoms with Gasteiger partial charge < -0.3 is 14.0 Å². The molecule has 3 rings (SSSR count). The quantitative estimate of drug-likeness (QED) is 0.382. The van der Waals surface area contributed by atoms with Gasteiger partial charge in [-0.05, 0) is 48.9 Å². The van der Waals surface area contributed by atoms with E-state index >= 15 is 0 Å². The van der Waals surface area contributed by atoms with Gasteiger partial charge in [0.15, 0.2) is 0 Å². The summed E-state index contributed by atoms with van der Waals surface area (Å²) in [5, 5.41) is 9.17. The van der Waals surface area contributed by atoms with Crippen molar-refractivity contribution in [3.8, 4) is 11.5 Å². The van der Waals surface area contributed by atoms with Crippen LogP contribution in [0.5, 0.6) is 0 Å². The molecule has 0 saturated heterocycles. The minimum absolute atomic E-state index is 0.0101. The van der Waals surface area contributed by atoms with E-state index in [0.29, 0.717) is 11.3 Å². The van der Waals surface area contributed by atoms with Crippen LogP contribution < -0.4 is 5.09 Å². The van der Waals surface area contributed by atoms with E-state index in [1.165, 1.54) is 36.4 Å². The van der Waals surface area contributed by atoms with Gasteiger partial charge in [0, 0.05) is 11.3 Å². The number of hydrogen-bond donors (Lipinski definition) is 1. The highest BCUT2D eigenvalue weighted by Gasteiger charge is 2.38. The third-order valence-corrected chi connectivity index (χ3v) is 5.80. The van der Waals surface area contributed by atoms with E-state index in [0.717, 1.165) is 0 Å². The van der Waals surface area contributed by atoms with E-state index in [9.17, 15) is 22.1 Å². The van der Waals surface area contributed by atoms with Crippen molar-refractivity contribution in [2.45, 2.75) is 19.3 Å². The topological polar surface area (TPSA) is 77.2 Å². The Balaban J connectivity index is 1.76. The molecule has 0 amide bonds. The second kappa shape index (κ2) is 8.34. The van der Waals surface area contributed by atoms with Crippen molar-refractivity contribution < 1.29 is 31.1 Å². The van der Waals surface area contributed by atoms with Crippen LogP contribution in [-0.2, 0) is 21.4 Å². The van der Waals surface area contributed by atoms with Crippen LogP contribution in [0.15, 0.2) is 52.9 Å². The molecule has 0 radical (unpaired) electrons. The van der Waals surface area contributed by atoms with Crippen molar-refractivity contribution in [3.05, 3.63) is 65.8 Å². The van der Waals surface area contributed by atoms with Crippen molar-refractivity contribution in [1.29, 1.82) is 0 Å². The molecule has 0 saturated carbocycles. The maximum absolute atomic E-state index is 13.1. The van der Waals surface area contributed by atoms with E-state index < -0.39 is 25.4 Å². The van der Waals surface area contributed by atoms with Crippen LogP contribution in [0.3, 0.4) is 0 Å². The molecule has 0 aliphatic rings. The standard InChI is InChI=1S/C18H16F4N3O3P/c1-2-27-29(26,25-15-9-7-14(19)8-10-15)11-12-3-5-13(6-4-12)16-23-24-17(28-16)18(20,21)22/h3-10H,2,11H2,1H3,(H,25,26). The van der Waals surface area contributed by atoms with Crippen LogP contribution in [0, 0.1) is 5.82 Å². The first-order valence-corrected chi connectivity index (χ1v) is 10.3. The van der Waals surface area contributed by atoms with E-state index in [2.05, 4.69) is 19.7 Å². The van der Waals surface area contributed by atoms with Crippen molar-refractivity contribution in [2.24, 2.45) is 0 Å². The molecule has 154 valence electrons. The lowest BCUT2D eigenvalue weighted by Gasteiger charge is -2.20. The molecule has 2 aromatic carbocycles. The highest BCUT2D eigenvalue weighted by Crippen LogP contribution is 2.50. The van der Waals surface area contributed by atoms with Gasteiger partial charge in [-0.3, -0.25) is 4.57 Å². The Morgan fingerprint density at radius 1 is 1.07 bits per heavy atom. The van der Waals surface area contributed by atoms with Crippen LogP contribution in [0.1, 0.15) is 18.4 Å². The molecule has 0 aliphatic heterocycles. The summed E-state index contributed by atoms with van der Waals surface area (Å²) in [6.07, 6.45) is -4.71. The van der Waals surface area contributed by atoms with Gasteiger partial charge in [-0.2, -0.15) is 13.2 Å². The molecule has 11 heteroatoms. The maximum atomic E-state index is 13.1. The monoisotopic (exact) mass is 429 g/mol. The van der Waals surface area contributed by atoms with Gasteiger partial charge in [0.25, 0.3) is 7.52 Å². The number of hydrogen-bond acceptors (Lipinski definition) is 5. The van der Waals surface area contributed by atoms with Gasteiger partial charge in [-0.1, -0.05) is 12.1 Å². The second-order valence-electron chi connectivity index (χ2n) is 5.98. The largest absolute Gasteiger partial charge is 0.470 e. The first kappa shape index (κ1) is 21.0. The Morgan fingerprint density at radius 2 is 1.72 bits per heavy atom. The molecule has 0 fully saturated rings. The van der Waals surface area contributed by atoms with Crippen LogP contribution in [0.25, 0.3) is 11.5 Å². The number of benzene rings is 2. The molecular formula is C18H16F4N3O3P. The Kier molecular flexibility index (Phi) is 6.04. The first-order chi connectivity index (χ1) is 13.7. The van der Waals surface area contributed by atoms with E-state index in [-0.39, 0.29) is 24.2 Å². The van der Waals surface area contributed by atoms with Crippen LogP contribution in [0.2, 0.25) is 0 Å². The zero-order chi connectivity index (χ0) is 21.1. The summed E-state index contributed by atoms with van der Waals surface area (Å²) in [6.45, 7) is 1.88. The van der Waals surface area contributed by atoms with Crippen LogP contribution >= 0.6 is 7.52 Å². The number of nitrogens with zero attached hydrogens (tertiary/aromatic N) is 2. The smallest absolute Gasteiger partial charge is 0.413 e. The van der Waals surface area contributed by atoms with Gasteiger partial charge in [0.1, 0.15) is 5.82 Å². The summed E-state index contributed by atoms with van der Waals surface area (Å²) < 4.78 is 73.9. The Labute approximate surface area is 163 Å². The van der Waals surface area contributed by atoms with Gasteiger partial charge in [0.2, 0.25) is 5.89 Å². The highest BCUT2D eigenvalue weighted by molar-refractivity contribution is 7.59. The number of nitrogens with one attached hydrogen (secondary N) is 1. The van der Waals surface area contributed by atoms with Gasteiger partial charge in [-0.15, -0.1) is 10.2 Å². The molecule has 0 bridgehead atoms. The average molecular weight is 429 g/mol. The van der Waals surface area contributed by atoms with E-state index in [1.807, 2.05) is 0 Å². The highest BCUT2D eigenvalue weighted by atomic mass is 31.2. The average Bonchev–Trinajstić information content (AvgIpc) is 3.15. The number of anilines is 1. The summed E-state index contributed by atoms with van der Waals surface area (Å²) in [5.41, 5.74) is 1.33. The van der Waals surface area contributed by atoms with Crippen LogP contribution in [-0.4, -0.2) is 16.8 Å². The molecule has 6 nitrogen and oxygen atoms in total. The molecule has 29 heavy (non-hydrogen) atoms. The Bertz CT molecular complexity index is 1000. The summed E-state index contributed by atoms with van der Waals surface area (Å²) in [7, 11) is -3.36. The van der Waals surface area contributed by atoms with Gasteiger partial charge in [-0.25, -0.2) is 4.39 Å². The molecular weight excluding hydrogens is 413 g/mol. The fourth-order valence-electron chi connectivity index (χ4n) is 2.49. The number of aromatic nitrogens is 2. The lowest BCUT2D eigenvalue weighted by Crippen LogP contribution is -2.04. The van der Waals surface area contributed by atoms with Crippen molar-refractivity contribution in [1.82, 2.24) is 10.2 Å². The zero-order valence-electron chi connectivity index (χ0n) is 15.1. The molecule has 0 spiro atoms. The minimum atomic E-state index is -4.72. The Morgan fingerprint density at radius 3 is 2.28 bits per heavy atom. The molecule has 0 aliphatic carbocycles. The third-order valence-electron chi connectivity index (χ3n) is 3.74. The molecule has 1 N–H and O–H groups in total. The van der Waals surface area contributed by atoms with Gasteiger partial charge >= 0.3 is 12.1 Å². The van der Waals surface area contributed by atoms with Gasteiger partial charge in [0.05, 0.1) is 12.8 Å². The minimum Gasteiger partial charge on any atom is -0.413 e. The predicted molar refractivity (Wildman–Crippen MR) is 97.7 cm³/mol. The maximum Gasteiger partial charge on any atom is 0.470 e. The number of halogens is 4. The summed E-state index contributed by atoms with van der Waals surface area (Å²) in [6, 6.07) is 11.5. The predicted octanol–water partition coefficient (Wildman–Crippen LogP) is 5.74. The van der Waals surface area contributed by atoms with Crippen molar-refractivity contribution in [3.63, 3.8) is 0 Å². The number of rotatable bonds is 7. The molecule has 1 heterocycles. The van der Waals surface area contributed by atoms with Crippen molar-refractivity contribution >= 4 is 13.2 Å². The Hall–Kier alpha value is -2.71. The molecule has 1 atom stereocenters. The third kappa shape index (κ3) is 5.42. The molecule has 1 unspecified atom stereocenters. The van der Waals surface area contributed by atoms with Crippen molar-refractivity contribution in [2.75, 3.05) is 11.7 Å². The summed E-state index contributed by atoms with van der Waals surface area (Å²) in [5.74, 6) is -2.13. The second-order valence-corrected chi connectivity index (χ2v) is 8.12. The normalized spacial score (nSPS) is 13.8.